The van der Waals surface area contributed by atoms with Gasteiger partial charge in [0.1, 0.15) is 6.04 Å². The SMILES string of the molecule is CC(C)[C@H]1NC(=O)N(CCN2CCOCC2)C1=O. The summed E-state index contributed by atoms with van der Waals surface area (Å²) in [6, 6.07) is -0.617. The van der Waals surface area contributed by atoms with E-state index in [0.717, 1.165) is 32.8 Å². The van der Waals surface area contributed by atoms with Crippen LogP contribution in [-0.2, 0) is 9.53 Å². The van der Waals surface area contributed by atoms with Crippen LogP contribution in [0.4, 0.5) is 4.79 Å². The van der Waals surface area contributed by atoms with Crippen LogP contribution in [0, 0.1) is 5.92 Å². The van der Waals surface area contributed by atoms with Gasteiger partial charge in [0.2, 0.25) is 0 Å². The molecule has 18 heavy (non-hydrogen) atoms. The third kappa shape index (κ3) is 2.81. The molecule has 2 saturated heterocycles. The molecule has 2 heterocycles. The van der Waals surface area contributed by atoms with E-state index in [1.165, 1.54) is 4.90 Å². The topological polar surface area (TPSA) is 61.9 Å². The molecule has 3 amide bonds. The van der Waals surface area contributed by atoms with Gasteiger partial charge in [0.15, 0.2) is 0 Å². The summed E-state index contributed by atoms with van der Waals surface area (Å²) in [5, 5.41) is 2.74. The van der Waals surface area contributed by atoms with Gasteiger partial charge < -0.3 is 10.1 Å². The van der Waals surface area contributed by atoms with Crippen LogP contribution in [0.3, 0.4) is 0 Å². The van der Waals surface area contributed by atoms with Crippen LogP contribution in [0.1, 0.15) is 13.8 Å². The normalized spacial score (nSPS) is 25.9. The Morgan fingerprint density at radius 2 is 1.94 bits per heavy atom. The van der Waals surface area contributed by atoms with Crippen LogP contribution in [0.5, 0.6) is 0 Å². The molecule has 1 atom stereocenters. The van der Waals surface area contributed by atoms with E-state index in [1.807, 2.05) is 13.8 Å². The van der Waals surface area contributed by atoms with Crippen LogP contribution >= 0.6 is 0 Å². The number of hydrogen-bond acceptors (Lipinski definition) is 4. The molecule has 1 N–H and O–H groups in total. The van der Waals surface area contributed by atoms with Crippen LogP contribution in [0.25, 0.3) is 0 Å². The fourth-order valence-corrected chi connectivity index (χ4v) is 2.27. The minimum Gasteiger partial charge on any atom is -0.379 e. The first-order valence-electron chi connectivity index (χ1n) is 6.51. The van der Waals surface area contributed by atoms with Gasteiger partial charge in [0, 0.05) is 26.2 Å². The Bertz CT molecular complexity index is 327. The molecular formula is C12H21N3O3. The Morgan fingerprint density at radius 1 is 1.28 bits per heavy atom. The smallest absolute Gasteiger partial charge is 0.324 e. The van der Waals surface area contributed by atoms with Crippen molar-refractivity contribution in [3.63, 3.8) is 0 Å². The first-order chi connectivity index (χ1) is 8.59. The van der Waals surface area contributed by atoms with Crippen molar-refractivity contribution < 1.29 is 14.3 Å². The van der Waals surface area contributed by atoms with Crippen molar-refractivity contribution in [3.8, 4) is 0 Å². The van der Waals surface area contributed by atoms with E-state index in [9.17, 15) is 9.59 Å². The maximum Gasteiger partial charge on any atom is 0.324 e. The summed E-state index contributed by atoms with van der Waals surface area (Å²) in [6.45, 7) is 8.28. The lowest BCUT2D eigenvalue weighted by molar-refractivity contribution is -0.128. The molecule has 2 fully saturated rings. The fraction of sp³-hybridized carbons (Fsp3) is 0.833. The van der Waals surface area contributed by atoms with Gasteiger partial charge in [0.25, 0.3) is 5.91 Å². The van der Waals surface area contributed by atoms with Gasteiger partial charge in [-0.2, -0.15) is 0 Å². The van der Waals surface area contributed by atoms with E-state index >= 15 is 0 Å². The van der Waals surface area contributed by atoms with Gasteiger partial charge in [0.05, 0.1) is 13.2 Å². The van der Waals surface area contributed by atoms with Gasteiger partial charge in [-0.25, -0.2) is 4.79 Å². The number of morpholine rings is 1. The summed E-state index contributed by atoms with van der Waals surface area (Å²) >= 11 is 0. The van der Waals surface area contributed by atoms with Gasteiger partial charge in [-0.1, -0.05) is 13.8 Å². The summed E-state index contributed by atoms with van der Waals surface area (Å²) in [6.07, 6.45) is 0. The minimum absolute atomic E-state index is 0.0942. The third-order valence-electron chi connectivity index (χ3n) is 3.47. The first kappa shape index (κ1) is 13.3. The Hall–Kier alpha value is -1.14. The zero-order chi connectivity index (χ0) is 13.1. The molecular weight excluding hydrogens is 234 g/mol. The van der Waals surface area contributed by atoms with Crippen molar-refractivity contribution in [1.82, 2.24) is 15.1 Å². The average molecular weight is 255 g/mol. The second kappa shape index (κ2) is 5.67. The molecule has 102 valence electrons. The minimum atomic E-state index is -0.359. The van der Waals surface area contributed by atoms with E-state index in [1.54, 1.807) is 0 Å². The van der Waals surface area contributed by atoms with Crippen LogP contribution in [0.2, 0.25) is 0 Å². The molecule has 2 rings (SSSR count). The lowest BCUT2D eigenvalue weighted by atomic mass is 10.1. The van der Waals surface area contributed by atoms with Crippen molar-refractivity contribution in [2.75, 3.05) is 39.4 Å². The van der Waals surface area contributed by atoms with E-state index in [4.69, 9.17) is 4.74 Å². The summed E-state index contributed by atoms with van der Waals surface area (Å²) in [5.74, 6) is 0.0399. The second-order valence-corrected chi connectivity index (χ2v) is 5.12. The van der Waals surface area contributed by atoms with Crippen molar-refractivity contribution >= 4 is 11.9 Å². The van der Waals surface area contributed by atoms with Crippen molar-refractivity contribution in [1.29, 1.82) is 0 Å². The molecule has 0 unspecified atom stereocenters. The summed E-state index contributed by atoms with van der Waals surface area (Å²) < 4.78 is 5.26. The van der Waals surface area contributed by atoms with Gasteiger partial charge in [-0.3, -0.25) is 14.6 Å². The Morgan fingerprint density at radius 3 is 2.50 bits per heavy atom. The largest absolute Gasteiger partial charge is 0.379 e. The number of ether oxygens (including phenoxy) is 1. The van der Waals surface area contributed by atoms with Crippen LogP contribution < -0.4 is 5.32 Å². The third-order valence-corrected chi connectivity index (χ3v) is 3.47. The molecule has 0 saturated carbocycles. The summed E-state index contributed by atoms with van der Waals surface area (Å²) in [7, 11) is 0. The predicted octanol–water partition coefficient (Wildman–Crippen LogP) is -0.105. The quantitative estimate of drug-likeness (QED) is 0.712. The molecule has 2 aliphatic rings. The molecule has 0 aromatic heterocycles. The Labute approximate surface area is 107 Å². The first-order valence-corrected chi connectivity index (χ1v) is 6.51. The highest BCUT2D eigenvalue weighted by Crippen LogP contribution is 2.13. The van der Waals surface area contributed by atoms with Gasteiger partial charge in [-0.15, -0.1) is 0 Å². The number of urea groups is 1. The highest BCUT2D eigenvalue weighted by Gasteiger charge is 2.39. The summed E-state index contributed by atoms with van der Waals surface area (Å²) in [4.78, 5) is 27.3. The number of rotatable bonds is 4. The zero-order valence-electron chi connectivity index (χ0n) is 11.0. The lowest BCUT2D eigenvalue weighted by Gasteiger charge is -2.27. The molecule has 2 aliphatic heterocycles. The number of hydrogen-bond donors (Lipinski definition) is 1. The number of nitrogens with one attached hydrogen (secondary N) is 1. The van der Waals surface area contributed by atoms with Crippen LogP contribution in [0.15, 0.2) is 0 Å². The number of imide groups is 1. The molecule has 6 nitrogen and oxygen atoms in total. The monoisotopic (exact) mass is 255 g/mol. The molecule has 0 aromatic rings. The standard InChI is InChI=1S/C12H21N3O3/c1-9(2)10-11(16)15(12(17)13-10)4-3-14-5-7-18-8-6-14/h9-10H,3-8H2,1-2H3,(H,13,17)/t10-/m1/s1. The Balaban J connectivity index is 1.85. The van der Waals surface area contributed by atoms with Crippen molar-refractivity contribution in [3.05, 3.63) is 0 Å². The Kier molecular flexibility index (Phi) is 4.19. The maximum atomic E-state index is 12.0. The maximum absolute atomic E-state index is 12.0. The second-order valence-electron chi connectivity index (χ2n) is 5.12. The van der Waals surface area contributed by atoms with Crippen molar-refractivity contribution in [2.45, 2.75) is 19.9 Å². The van der Waals surface area contributed by atoms with E-state index in [2.05, 4.69) is 10.2 Å². The number of carbonyl (C=O) groups excluding carboxylic acids is 2. The predicted molar refractivity (Wildman–Crippen MR) is 66.1 cm³/mol. The molecule has 6 heteroatoms. The van der Waals surface area contributed by atoms with E-state index in [-0.39, 0.29) is 23.9 Å². The summed E-state index contributed by atoms with van der Waals surface area (Å²) in [5.41, 5.74) is 0. The van der Waals surface area contributed by atoms with E-state index < -0.39 is 0 Å². The zero-order valence-corrected chi connectivity index (χ0v) is 11.0. The van der Waals surface area contributed by atoms with Crippen LogP contribution in [-0.4, -0.2) is 67.2 Å². The number of carbonyl (C=O) groups is 2. The highest BCUT2D eigenvalue weighted by molar-refractivity contribution is 6.04. The lowest BCUT2D eigenvalue weighted by Crippen LogP contribution is -2.43. The highest BCUT2D eigenvalue weighted by atomic mass is 16.5. The molecule has 0 radical (unpaired) electrons. The fourth-order valence-electron chi connectivity index (χ4n) is 2.27. The molecule has 0 aromatic carbocycles. The molecule has 0 aliphatic carbocycles. The number of amides is 3. The average Bonchev–Trinajstić information content (AvgIpc) is 2.64. The molecule has 0 bridgehead atoms. The van der Waals surface area contributed by atoms with Gasteiger partial charge in [-0.05, 0) is 5.92 Å². The van der Waals surface area contributed by atoms with E-state index in [0.29, 0.717) is 6.54 Å². The van der Waals surface area contributed by atoms with Gasteiger partial charge >= 0.3 is 6.03 Å². The van der Waals surface area contributed by atoms with Crippen molar-refractivity contribution in [2.24, 2.45) is 5.92 Å². The molecule has 0 spiro atoms. The number of nitrogens with zero attached hydrogens (tertiary/aromatic N) is 2.